The topological polar surface area (TPSA) is 76.0 Å². The highest BCUT2D eigenvalue weighted by Crippen LogP contribution is 2.20. The number of sulfonamides is 1. The van der Waals surface area contributed by atoms with Crippen molar-refractivity contribution in [1.82, 2.24) is 15.1 Å². The molecule has 0 atom stereocenters. The van der Waals surface area contributed by atoms with Crippen molar-refractivity contribution in [1.29, 1.82) is 0 Å². The maximum atomic E-state index is 12.3. The third-order valence-electron chi connectivity index (χ3n) is 3.22. The standard InChI is InChI=1S/C11H20N4O2S/c1-3-10-11(8-15(2)13-10)14-18(16,17)9-4-6-12-7-5-9/h8-9,12,14H,3-7H2,1-2H3. The third kappa shape index (κ3) is 2.84. The molecule has 0 bridgehead atoms. The van der Waals surface area contributed by atoms with Crippen molar-refractivity contribution in [3.8, 4) is 0 Å². The first-order valence-electron chi connectivity index (χ1n) is 6.28. The van der Waals surface area contributed by atoms with Crippen LogP contribution in [-0.4, -0.2) is 36.5 Å². The van der Waals surface area contributed by atoms with E-state index in [1.54, 1.807) is 17.9 Å². The molecule has 1 aliphatic rings. The lowest BCUT2D eigenvalue weighted by Gasteiger charge is -2.23. The minimum Gasteiger partial charge on any atom is -0.317 e. The van der Waals surface area contributed by atoms with Crippen LogP contribution >= 0.6 is 0 Å². The van der Waals surface area contributed by atoms with Gasteiger partial charge in [0.2, 0.25) is 10.0 Å². The molecule has 2 N–H and O–H groups in total. The van der Waals surface area contributed by atoms with E-state index in [9.17, 15) is 8.42 Å². The summed E-state index contributed by atoms with van der Waals surface area (Å²) < 4.78 is 28.8. The SMILES string of the molecule is CCc1nn(C)cc1NS(=O)(=O)C1CCNCC1. The van der Waals surface area contributed by atoms with Gasteiger partial charge in [-0.3, -0.25) is 9.40 Å². The van der Waals surface area contributed by atoms with E-state index in [1.807, 2.05) is 6.92 Å². The van der Waals surface area contributed by atoms with Gasteiger partial charge in [0, 0.05) is 13.2 Å². The number of aromatic nitrogens is 2. The van der Waals surface area contributed by atoms with Gasteiger partial charge in [-0.05, 0) is 32.4 Å². The molecule has 0 unspecified atom stereocenters. The highest BCUT2D eigenvalue weighted by atomic mass is 32.2. The van der Waals surface area contributed by atoms with E-state index in [1.165, 1.54) is 0 Å². The molecule has 0 aliphatic carbocycles. The second kappa shape index (κ2) is 5.27. The number of aryl methyl sites for hydroxylation is 2. The van der Waals surface area contributed by atoms with E-state index < -0.39 is 10.0 Å². The molecule has 1 aromatic heterocycles. The lowest BCUT2D eigenvalue weighted by molar-refractivity contribution is 0.499. The number of rotatable bonds is 4. The van der Waals surface area contributed by atoms with Gasteiger partial charge in [0.05, 0.1) is 16.6 Å². The van der Waals surface area contributed by atoms with Gasteiger partial charge in [-0.25, -0.2) is 8.42 Å². The molecule has 0 aromatic carbocycles. The maximum Gasteiger partial charge on any atom is 0.235 e. The molecule has 2 heterocycles. The number of hydrogen-bond donors (Lipinski definition) is 2. The summed E-state index contributed by atoms with van der Waals surface area (Å²) in [5.41, 5.74) is 1.40. The Bertz CT molecular complexity index is 503. The van der Waals surface area contributed by atoms with Crippen molar-refractivity contribution < 1.29 is 8.42 Å². The highest BCUT2D eigenvalue weighted by molar-refractivity contribution is 7.93. The van der Waals surface area contributed by atoms with E-state index in [2.05, 4.69) is 15.1 Å². The number of anilines is 1. The van der Waals surface area contributed by atoms with E-state index in [-0.39, 0.29) is 5.25 Å². The first kappa shape index (κ1) is 13.4. The molecule has 0 radical (unpaired) electrons. The van der Waals surface area contributed by atoms with Crippen molar-refractivity contribution in [2.24, 2.45) is 7.05 Å². The van der Waals surface area contributed by atoms with Gasteiger partial charge in [-0.15, -0.1) is 0 Å². The van der Waals surface area contributed by atoms with Crippen LogP contribution in [-0.2, 0) is 23.5 Å². The zero-order valence-electron chi connectivity index (χ0n) is 10.8. The Hall–Kier alpha value is -1.08. The fraction of sp³-hybridized carbons (Fsp3) is 0.727. The molecule has 7 heteroatoms. The summed E-state index contributed by atoms with van der Waals surface area (Å²) in [5.74, 6) is 0. The zero-order chi connectivity index (χ0) is 13.2. The van der Waals surface area contributed by atoms with Crippen LogP contribution in [0.4, 0.5) is 5.69 Å². The first-order chi connectivity index (χ1) is 8.53. The Morgan fingerprint density at radius 1 is 1.50 bits per heavy atom. The quantitative estimate of drug-likeness (QED) is 0.835. The molecular weight excluding hydrogens is 252 g/mol. The third-order valence-corrected chi connectivity index (χ3v) is 5.07. The summed E-state index contributed by atoms with van der Waals surface area (Å²) in [5, 5.41) is 7.10. The monoisotopic (exact) mass is 272 g/mol. The van der Waals surface area contributed by atoms with Gasteiger partial charge in [-0.2, -0.15) is 5.10 Å². The summed E-state index contributed by atoms with van der Waals surface area (Å²) in [6, 6.07) is 0. The highest BCUT2D eigenvalue weighted by Gasteiger charge is 2.28. The summed E-state index contributed by atoms with van der Waals surface area (Å²) in [7, 11) is -1.51. The van der Waals surface area contributed by atoms with Crippen molar-refractivity contribution in [2.75, 3.05) is 17.8 Å². The summed E-state index contributed by atoms with van der Waals surface area (Å²) in [4.78, 5) is 0. The van der Waals surface area contributed by atoms with E-state index in [0.717, 1.165) is 18.8 Å². The minimum absolute atomic E-state index is 0.302. The van der Waals surface area contributed by atoms with E-state index >= 15 is 0 Å². The Morgan fingerprint density at radius 2 is 2.17 bits per heavy atom. The van der Waals surface area contributed by atoms with Crippen LogP contribution in [0.15, 0.2) is 6.20 Å². The van der Waals surface area contributed by atoms with Crippen LogP contribution < -0.4 is 10.0 Å². The summed E-state index contributed by atoms with van der Waals surface area (Å²) in [6.07, 6.45) is 3.76. The van der Waals surface area contributed by atoms with Crippen LogP contribution in [0.3, 0.4) is 0 Å². The van der Waals surface area contributed by atoms with Crippen molar-refractivity contribution >= 4 is 15.7 Å². The smallest absolute Gasteiger partial charge is 0.235 e. The average molecular weight is 272 g/mol. The molecular formula is C11H20N4O2S. The van der Waals surface area contributed by atoms with Gasteiger partial charge < -0.3 is 5.32 Å². The van der Waals surface area contributed by atoms with E-state index in [4.69, 9.17) is 0 Å². The number of nitrogens with one attached hydrogen (secondary N) is 2. The van der Waals surface area contributed by atoms with Crippen molar-refractivity contribution in [2.45, 2.75) is 31.4 Å². The largest absolute Gasteiger partial charge is 0.317 e. The molecule has 6 nitrogen and oxygen atoms in total. The summed E-state index contributed by atoms with van der Waals surface area (Å²) in [6.45, 7) is 3.49. The van der Waals surface area contributed by atoms with E-state index in [0.29, 0.717) is 24.9 Å². The predicted octanol–water partition coefficient (Wildman–Crippen LogP) is 0.476. The lowest BCUT2D eigenvalue weighted by Crippen LogP contribution is -2.38. The van der Waals surface area contributed by atoms with Gasteiger partial charge in [0.15, 0.2) is 0 Å². The summed E-state index contributed by atoms with van der Waals surface area (Å²) >= 11 is 0. The number of nitrogens with zero attached hydrogens (tertiary/aromatic N) is 2. The molecule has 1 saturated heterocycles. The minimum atomic E-state index is -3.30. The van der Waals surface area contributed by atoms with Gasteiger partial charge in [-0.1, -0.05) is 6.92 Å². The van der Waals surface area contributed by atoms with Gasteiger partial charge >= 0.3 is 0 Å². The molecule has 102 valence electrons. The van der Waals surface area contributed by atoms with Crippen LogP contribution in [0.2, 0.25) is 0 Å². The maximum absolute atomic E-state index is 12.3. The molecule has 1 fully saturated rings. The van der Waals surface area contributed by atoms with Crippen molar-refractivity contribution in [3.05, 3.63) is 11.9 Å². The predicted molar refractivity (Wildman–Crippen MR) is 71.0 cm³/mol. The zero-order valence-corrected chi connectivity index (χ0v) is 11.6. The Labute approximate surface area is 108 Å². The van der Waals surface area contributed by atoms with Gasteiger partial charge in [0.1, 0.15) is 0 Å². The molecule has 1 aromatic rings. The Kier molecular flexibility index (Phi) is 3.91. The average Bonchev–Trinajstić information content (AvgIpc) is 2.70. The molecule has 1 aliphatic heterocycles. The van der Waals surface area contributed by atoms with Crippen LogP contribution in [0.1, 0.15) is 25.5 Å². The molecule has 0 saturated carbocycles. The normalized spacial score (nSPS) is 17.9. The van der Waals surface area contributed by atoms with Crippen LogP contribution in [0, 0.1) is 0 Å². The molecule has 0 spiro atoms. The van der Waals surface area contributed by atoms with Crippen LogP contribution in [0.5, 0.6) is 0 Å². The molecule has 2 rings (SSSR count). The fourth-order valence-electron chi connectivity index (χ4n) is 2.22. The fourth-order valence-corrected chi connectivity index (χ4v) is 3.72. The second-order valence-electron chi connectivity index (χ2n) is 4.61. The lowest BCUT2D eigenvalue weighted by atomic mass is 10.2. The second-order valence-corrected chi connectivity index (χ2v) is 6.57. The molecule has 0 amide bonds. The van der Waals surface area contributed by atoms with Gasteiger partial charge in [0.25, 0.3) is 0 Å². The number of piperidine rings is 1. The Balaban J connectivity index is 2.16. The van der Waals surface area contributed by atoms with Crippen LogP contribution in [0.25, 0.3) is 0 Å². The number of hydrogen-bond acceptors (Lipinski definition) is 4. The Morgan fingerprint density at radius 3 is 2.78 bits per heavy atom. The van der Waals surface area contributed by atoms with Crippen molar-refractivity contribution in [3.63, 3.8) is 0 Å². The molecule has 18 heavy (non-hydrogen) atoms. The first-order valence-corrected chi connectivity index (χ1v) is 7.82.